The number of hydrogen-bond acceptors (Lipinski definition) is 8. The lowest BCUT2D eigenvalue weighted by atomic mass is 10.1. The number of amides is 2. The van der Waals surface area contributed by atoms with Crippen LogP contribution in [0.3, 0.4) is 0 Å². The van der Waals surface area contributed by atoms with Crippen LogP contribution in [0.15, 0.2) is 63.6 Å². The smallest absolute Gasteiger partial charge is 0.250 e. The molecular weight excluding hydrogens is 512 g/mol. The van der Waals surface area contributed by atoms with Gasteiger partial charge in [-0.2, -0.15) is 4.80 Å². The van der Waals surface area contributed by atoms with E-state index < -0.39 is 17.9 Å². The zero-order chi connectivity index (χ0) is 26.5. The summed E-state index contributed by atoms with van der Waals surface area (Å²) in [6.45, 7) is 2.59. The van der Waals surface area contributed by atoms with Crippen molar-refractivity contribution in [3.8, 4) is 11.6 Å². The third-order valence-corrected chi connectivity index (χ3v) is 6.58. The van der Waals surface area contributed by atoms with Gasteiger partial charge in [0.2, 0.25) is 11.7 Å². The maximum absolute atomic E-state index is 13.8. The van der Waals surface area contributed by atoms with E-state index in [4.69, 9.17) is 25.2 Å². The number of halogens is 1. The lowest BCUT2D eigenvalue weighted by molar-refractivity contribution is -0.143. The van der Waals surface area contributed by atoms with Gasteiger partial charge >= 0.3 is 0 Å². The summed E-state index contributed by atoms with van der Waals surface area (Å²) in [5, 5.41) is 15.7. The number of ether oxygens (including phenoxy) is 1. The number of tetrazole rings is 1. The molecule has 1 saturated heterocycles. The quantitative estimate of drug-likeness (QED) is 0.324. The number of benzene rings is 1. The molecule has 1 aliphatic heterocycles. The number of carbonyl (C=O) groups is 2. The molecule has 38 heavy (non-hydrogen) atoms. The van der Waals surface area contributed by atoms with Crippen molar-refractivity contribution in [2.75, 3.05) is 13.2 Å². The summed E-state index contributed by atoms with van der Waals surface area (Å²) < 4.78 is 16.8. The van der Waals surface area contributed by atoms with Crippen molar-refractivity contribution in [3.05, 3.63) is 76.9 Å². The third-order valence-electron chi connectivity index (χ3n) is 6.21. The van der Waals surface area contributed by atoms with Crippen LogP contribution in [-0.2, 0) is 27.4 Å². The maximum atomic E-state index is 13.8. The second-order valence-corrected chi connectivity index (χ2v) is 9.37. The van der Waals surface area contributed by atoms with Crippen molar-refractivity contribution < 1.29 is 23.2 Å². The van der Waals surface area contributed by atoms with Gasteiger partial charge in [-0.05, 0) is 60.9 Å². The molecule has 4 heterocycles. The van der Waals surface area contributed by atoms with Crippen LogP contribution < -0.4 is 5.32 Å². The summed E-state index contributed by atoms with van der Waals surface area (Å²) in [6.07, 6.45) is 3.21. The first-order valence-electron chi connectivity index (χ1n) is 12.3. The molecule has 3 aromatic heterocycles. The summed E-state index contributed by atoms with van der Waals surface area (Å²) >= 11 is 6.43. The Hall–Kier alpha value is -3.96. The van der Waals surface area contributed by atoms with Gasteiger partial charge in [0.05, 0.1) is 12.4 Å². The number of nitrogens with one attached hydrogen (secondary N) is 1. The number of aryl methyl sites for hydroxylation is 1. The van der Waals surface area contributed by atoms with Gasteiger partial charge in [0.15, 0.2) is 11.8 Å². The molecular formula is C26H27ClN6O5. The maximum Gasteiger partial charge on any atom is 0.250 e. The number of rotatable bonds is 10. The van der Waals surface area contributed by atoms with Crippen molar-refractivity contribution >= 4 is 23.4 Å². The summed E-state index contributed by atoms with van der Waals surface area (Å²) in [4.78, 5) is 29.9. The summed E-state index contributed by atoms with van der Waals surface area (Å²) in [7, 11) is 0. The van der Waals surface area contributed by atoms with Crippen molar-refractivity contribution in [1.82, 2.24) is 30.4 Å². The normalized spacial score (nSPS) is 15.9. The van der Waals surface area contributed by atoms with Gasteiger partial charge in [-0.3, -0.25) is 9.59 Å². The number of furan rings is 2. The van der Waals surface area contributed by atoms with Crippen molar-refractivity contribution in [3.63, 3.8) is 0 Å². The fourth-order valence-electron chi connectivity index (χ4n) is 4.30. The Morgan fingerprint density at radius 3 is 2.79 bits per heavy atom. The predicted octanol–water partition coefficient (Wildman–Crippen LogP) is 3.55. The highest BCUT2D eigenvalue weighted by Gasteiger charge is 2.35. The van der Waals surface area contributed by atoms with E-state index in [0.29, 0.717) is 41.0 Å². The minimum absolute atomic E-state index is 0.0517. The van der Waals surface area contributed by atoms with E-state index >= 15 is 0 Å². The Balaban J connectivity index is 1.42. The van der Waals surface area contributed by atoms with Crippen molar-refractivity contribution in [1.29, 1.82) is 0 Å². The molecule has 0 saturated carbocycles. The van der Waals surface area contributed by atoms with E-state index in [-0.39, 0.29) is 25.0 Å². The molecule has 1 fully saturated rings. The van der Waals surface area contributed by atoms with E-state index in [2.05, 4.69) is 20.7 Å². The summed E-state index contributed by atoms with van der Waals surface area (Å²) in [6, 6.07) is 12.9. The molecule has 1 aromatic carbocycles. The van der Waals surface area contributed by atoms with Crippen LogP contribution in [0, 0.1) is 6.92 Å². The van der Waals surface area contributed by atoms with Crippen molar-refractivity contribution in [2.24, 2.45) is 0 Å². The monoisotopic (exact) mass is 538 g/mol. The molecule has 2 amide bonds. The Labute approximate surface area is 223 Å². The lowest BCUT2D eigenvalue weighted by Gasteiger charge is -2.30. The van der Waals surface area contributed by atoms with Gasteiger partial charge in [-0.15, -0.1) is 10.2 Å². The standard InChI is InChI=1S/C26H27ClN6O5/c1-17-10-11-22(38-17)25-29-31-33(30-25)16-23(34)32(15-18-6-2-3-8-20(18)27)24(21-9-5-13-37-21)26(35)28-14-19-7-4-12-36-19/h2-3,5-6,8-11,13,19,24H,4,7,12,14-16H2,1H3,(H,28,35)/t19-,24-/m1/s1. The molecule has 5 rings (SSSR count). The van der Waals surface area contributed by atoms with E-state index in [9.17, 15) is 9.59 Å². The molecule has 4 aromatic rings. The van der Waals surface area contributed by atoms with Gasteiger partial charge < -0.3 is 23.8 Å². The van der Waals surface area contributed by atoms with Gasteiger partial charge in [0.25, 0.3) is 5.91 Å². The molecule has 198 valence electrons. The van der Waals surface area contributed by atoms with Crippen molar-refractivity contribution in [2.45, 2.75) is 45.0 Å². The molecule has 0 radical (unpaired) electrons. The molecule has 12 heteroatoms. The predicted molar refractivity (Wildman–Crippen MR) is 136 cm³/mol. The SMILES string of the molecule is Cc1ccc(-c2nnn(CC(=O)N(Cc3ccccc3Cl)[C@@H](C(=O)NC[C@H]3CCCO3)c3ccco3)n2)o1. The topological polar surface area (TPSA) is 129 Å². The summed E-state index contributed by atoms with van der Waals surface area (Å²) in [5.41, 5.74) is 0.671. The van der Waals surface area contributed by atoms with E-state index in [1.54, 1.807) is 42.5 Å². The highest BCUT2D eigenvalue weighted by atomic mass is 35.5. The fraction of sp³-hybridized carbons (Fsp3) is 0.346. The van der Waals surface area contributed by atoms with Crippen LogP contribution in [0.1, 0.15) is 36.0 Å². The van der Waals surface area contributed by atoms with E-state index in [1.807, 2.05) is 13.0 Å². The summed E-state index contributed by atoms with van der Waals surface area (Å²) in [5.74, 6) is 0.881. The number of hydrogen-bond donors (Lipinski definition) is 1. The van der Waals surface area contributed by atoms with Crippen LogP contribution in [0.5, 0.6) is 0 Å². The minimum atomic E-state index is -1.06. The minimum Gasteiger partial charge on any atom is -0.467 e. The molecule has 0 aliphatic carbocycles. The highest BCUT2D eigenvalue weighted by molar-refractivity contribution is 6.31. The molecule has 1 aliphatic rings. The Morgan fingerprint density at radius 1 is 1.21 bits per heavy atom. The largest absolute Gasteiger partial charge is 0.467 e. The second-order valence-electron chi connectivity index (χ2n) is 8.96. The first-order chi connectivity index (χ1) is 18.5. The molecule has 2 atom stereocenters. The molecule has 0 unspecified atom stereocenters. The van der Waals surface area contributed by atoms with Crippen LogP contribution in [0.25, 0.3) is 11.6 Å². The molecule has 11 nitrogen and oxygen atoms in total. The Kier molecular flexibility index (Phi) is 7.85. The lowest BCUT2D eigenvalue weighted by Crippen LogP contribution is -2.46. The van der Waals surface area contributed by atoms with Gasteiger partial charge in [0.1, 0.15) is 18.1 Å². The second kappa shape index (κ2) is 11.6. The van der Waals surface area contributed by atoms with Crippen LogP contribution in [-0.4, -0.2) is 56.2 Å². The average Bonchev–Trinajstić information content (AvgIpc) is 3.72. The number of aromatic nitrogens is 4. The average molecular weight is 539 g/mol. The van der Waals surface area contributed by atoms with E-state index in [0.717, 1.165) is 12.8 Å². The molecule has 0 spiro atoms. The first-order valence-corrected chi connectivity index (χ1v) is 12.7. The zero-order valence-corrected chi connectivity index (χ0v) is 21.5. The van der Waals surface area contributed by atoms with Gasteiger partial charge in [0, 0.05) is 24.7 Å². The third kappa shape index (κ3) is 5.95. The van der Waals surface area contributed by atoms with Gasteiger partial charge in [-0.1, -0.05) is 29.8 Å². The van der Waals surface area contributed by atoms with Crippen LogP contribution >= 0.6 is 11.6 Å². The number of nitrogens with zero attached hydrogens (tertiary/aromatic N) is 5. The fourth-order valence-corrected chi connectivity index (χ4v) is 4.49. The molecule has 1 N–H and O–H groups in total. The van der Waals surface area contributed by atoms with Crippen LogP contribution in [0.4, 0.5) is 0 Å². The zero-order valence-electron chi connectivity index (χ0n) is 20.7. The molecule has 0 bridgehead atoms. The number of carbonyl (C=O) groups excluding carboxylic acids is 2. The van der Waals surface area contributed by atoms with E-state index in [1.165, 1.54) is 16.0 Å². The van der Waals surface area contributed by atoms with Crippen LogP contribution in [0.2, 0.25) is 5.02 Å². The Morgan fingerprint density at radius 2 is 2.08 bits per heavy atom. The highest BCUT2D eigenvalue weighted by Crippen LogP contribution is 2.27. The first kappa shape index (κ1) is 25.7. The van der Waals surface area contributed by atoms with Gasteiger partial charge in [-0.25, -0.2) is 0 Å². The Bertz CT molecular complexity index is 1380.